The first-order valence-corrected chi connectivity index (χ1v) is 13.7. The van der Waals surface area contributed by atoms with E-state index < -0.39 is 71.9 Å². The number of carbonyl (C=O) groups is 2. The molecule has 2 heterocycles. The number of ether oxygens (including phenoxy) is 4. The molecule has 1 aliphatic rings. The third-order valence-electron chi connectivity index (χ3n) is 6.89. The molecule has 6 N–H and O–H groups in total. The van der Waals surface area contributed by atoms with Crippen molar-refractivity contribution in [1.82, 2.24) is 0 Å². The Kier molecular flexibility index (Phi) is 9.25. The van der Waals surface area contributed by atoms with Crippen molar-refractivity contribution in [3.63, 3.8) is 0 Å². The summed E-state index contributed by atoms with van der Waals surface area (Å²) >= 11 is 0. The van der Waals surface area contributed by atoms with Gasteiger partial charge in [-0.2, -0.15) is 0 Å². The first kappa shape index (κ1) is 32.0. The fourth-order valence-corrected chi connectivity index (χ4v) is 4.64. The van der Waals surface area contributed by atoms with Gasteiger partial charge in [-0.25, -0.2) is 4.79 Å². The number of phenols is 3. The Morgan fingerprint density at radius 3 is 2.26 bits per heavy atom. The minimum Gasteiger partial charge on any atom is -0.508 e. The number of aliphatic hydroxyl groups is 3. The number of benzene rings is 3. The topological polar surface area (TPSA) is 223 Å². The van der Waals surface area contributed by atoms with Crippen LogP contribution in [0, 0.1) is 0 Å². The lowest BCUT2D eigenvalue weighted by atomic mass is 9.99. The first-order chi connectivity index (χ1) is 21.9. The number of hydrogen-bond acceptors (Lipinski definition) is 14. The Bertz CT molecular complexity index is 1830. The average Bonchev–Trinajstić information content (AvgIpc) is 3.01. The van der Waals surface area contributed by atoms with Crippen molar-refractivity contribution in [2.75, 3.05) is 6.61 Å². The Balaban J connectivity index is 1.43. The largest absolute Gasteiger partial charge is 0.508 e. The third kappa shape index (κ3) is 6.95. The molecule has 1 saturated heterocycles. The van der Waals surface area contributed by atoms with Gasteiger partial charge in [-0.1, -0.05) is 12.1 Å². The summed E-state index contributed by atoms with van der Waals surface area (Å²) in [6.07, 6.45) is -6.29. The Morgan fingerprint density at radius 2 is 1.59 bits per heavy atom. The molecule has 0 aliphatic carbocycles. The van der Waals surface area contributed by atoms with Gasteiger partial charge in [0.2, 0.25) is 17.5 Å². The first-order valence-electron chi connectivity index (χ1n) is 13.7. The quantitative estimate of drug-likeness (QED) is 0.0924. The Morgan fingerprint density at radius 1 is 0.891 bits per heavy atom. The van der Waals surface area contributed by atoms with Gasteiger partial charge in [-0.3, -0.25) is 9.59 Å². The van der Waals surface area contributed by atoms with Crippen molar-refractivity contribution >= 4 is 29.0 Å². The van der Waals surface area contributed by atoms with Crippen LogP contribution in [0.1, 0.15) is 12.5 Å². The lowest BCUT2D eigenvalue weighted by Gasteiger charge is -2.39. The smallest absolute Gasteiger partial charge is 0.330 e. The van der Waals surface area contributed by atoms with Gasteiger partial charge < -0.3 is 54.0 Å². The zero-order chi connectivity index (χ0) is 33.1. The van der Waals surface area contributed by atoms with Gasteiger partial charge in [0.05, 0.1) is 0 Å². The number of esters is 2. The standard InChI is InChI=1S/C32H28O14/c1-15(33)43-20-9-5-17(6-10-20)30-31(27(39)25-21(36)12-19(35)13-22(25)44-30)46-32-29(41)28(40)26(38)23(45-32)14-42-24(37)11-4-16-2-7-18(34)8-3-16/h2-13,23,26,28-29,32,34-36,38,40-41H,14H2,1H3. The normalized spacial score (nSPS) is 21.3. The van der Waals surface area contributed by atoms with E-state index >= 15 is 0 Å². The summed E-state index contributed by atoms with van der Waals surface area (Å²) in [5.41, 5.74) is -0.385. The molecule has 240 valence electrons. The lowest BCUT2D eigenvalue weighted by Crippen LogP contribution is -2.60. The molecule has 1 fully saturated rings. The van der Waals surface area contributed by atoms with Gasteiger partial charge in [0, 0.05) is 30.7 Å². The van der Waals surface area contributed by atoms with Crippen LogP contribution < -0.4 is 14.9 Å². The molecule has 14 nitrogen and oxygen atoms in total. The zero-order valence-electron chi connectivity index (χ0n) is 24.0. The van der Waals surface area contributed by atoms with Crippen LogP contribution >= 0.6 is 0 Å². The number of phenolic OH excluding ortho intramolecular Hbond substituents is 3. The molecule has 0 amide bonds. The predicted molar refractivity (Wildman–Crippen MR) is 158 cm³/mol. The highest BCUT2D eigenvalue weighted by atomic mass is 16.7. The number of fused-ring (bicyclic) bond motifs is 1. The Labute approximate surface area is 259 Å². The molecule has 5 rings (SSSR count). The van der Waals surface area contributed by atoms with E-state index in [1.54, 1.807) is 12.1 Å². The van der Waals surface area contributed by atoms with Gasteiger partial charge in [0.1, 0.15) is 65.0 Å². The monoisotopic (exact) mass is 636 g/mol. The minimum atomic E-state index is -1.92. The fourth-order valence-electron chi connectivity index (χ4n) is 4.64. The van der Waals surface area contributed by atoms with Crippen molar-refractivity contribution in [1.29, 1.82) is 0 Å². The van der Waals surface area contributed by atoms with Crippen molar-refractivity contribution in [2.45, 2.75) is 37.6 Å². The van der Waals surface area contributed by atoms with E-state index in [-0.39, 0.29) is 33.8 Å². The average molecular weight is 637 g/mol. The lowest BCUT2D eigenvalue weighted by molar-refractivity contribution is -0.278. The summed E-state index contributed by atoms with van der Waals surface area (Å²) in [6, 6.07) is 13.6. The van der Waals surface area contributed by atoms with Crippen LogP contribution in [-0.2, 0) is 19.1 Å². The fraction of sp³-hybridized carbons (Fsp3) is 0.219. The molecule has 0 bridgehead atoms. The summed E-state index contributed by atoms with van der Waals surface area (Å²) in [4.78, 5) is 37.3. The van der Waals surface area contributed by atoms with E-state index in [2.05, 4.69) is 0 Å². The highest BCUT2D eigenvalue weighted by Crippen LogP contribution is 2.37. The summed E-state index contributed by atoms with van der Waals surface area (Å²) in [5.74, 6) is -3.08. The van der Waals surface area contributed by atoms with Crippen molar-refractivity contribution in [3.05, 3.63) is 82.5 Å². The van der Waals surface area contributed by atoms with Crippen LogP contribution in [-0.4, -0.2) is 79.9 Å². The molecular weight excluding hydrogens is 608 g/mol. The maximum atomic E-state index is 13.7. The molecule has 1 aliphatic heterocycles. The predicted octanol–water partition coefficient (Wildman–Crippen LogP) is 1.95. The van der Waals surface area contributed by atoms with E-state index in [1.807, 2.05) is 0 Å². The number of hydrogen-bond donors (Lipinski definition) is 6. The van der Waals surface area contributed by atoms with Gasteiger partial charge in [-0.15, -0.1) is 0 Å². The van der Waals surface area contributed by atoms with E-state index in [9.17, 15) is 45.0 Å². The second kappa shape index (κ2) is 13.3. The highest BCUT2D eigenvalue weighted by Gasteiger charge is 2.46. The molecule has 0 radical (unpaired) electrons. The van der Waals surface area contributed by atoms with E-state index in [0.717, 1.165) is 18.2 Å². The molecule has 0 saturated carbocycles. The maximum absolute atomic E-state index is 13.7. The third-order valence-corrected chi connectivity index (χ3v) is 6.89. The Hall–Kier alpha value is -5.41. The molecule has 0 spiro atoms. The van der Waals surface area contributed by atoms with E-state index in [4.69, 9.17) is 23.4 Å². The second-order valence-electron chi connectivity index (χ2n) is 10.2. The number of aromatic hydroxyl groups is 3. The van der Waals surface area contributed by atoms with Gasteiger partial charge in [-0.05, 0) is 48.0 Å². The van der Waals surface area contributed by atoms with Gasteiger partial charge in [0.25, 0.3) is 0 Å². The van der Waals surface area contributed by atoms with Crippen LogP contribution in [0.2, 0.25) is 0 Å². The van der Waals surface area contributed by atoms with E-state index in [1.165, 1.54) is 49.4 Å². The number of carbonyl (C=O) groups excluding carboxylic acids is 2. The molecule has 4 aromatic rings. The van der Waals surface area contributed by atoms with Gasteiger partial charge >= 0.3 is 11.9 Å². The van der Waals surface area contributed by atoms with Crippen molar-refractivity contribution in [3.8, 4) is 40.1 Å². The minimum absolute atomic E-state index is 0.0440. The SMILES string of the molecule is CC(=O)Oc1ccc(-c2oc3cc(O)cc(O)c3c(=O)c2OC2OC(COC(=O)C=Cc3ccc(O)cc3)C(O)C(O)C2O)cc1. The molecule has 14 heteroatoms. The van der Waals surface area contributed by atoms with Crippen LogP contribution in [0.3, 0.4) is 0 Å². The maximum Gasteiger partial charge on any atom is 0.330 e. The molecule has 5 unspecified atom stereocenters. The van der Waals surface area contributed by atoms with Crippen LogP contribution in [0.5, 0.6) is 28.7 Å². The number of rotatable bonds is 8. The summed E-state index contributed by atoms with van der Waals surface area (Å²) in [7, 11) is 0. The highest BCUT2D eigenvalue weighted by molar-refractivity contribution is 5.88. The summed E-state index contributed by atoms with van der Waals surface area (Å²) < 4.78 is 27.4. The van der Waals surface area contributed by atoms with Crippen LogP contribution in [0.4, 0.5) is 0 Å². The van der Waals surface area contributed by atoms with Gasteiger partial charge in [0.15, 0.2) is 5.76 Å². The van der Waals surface area contributed by atoms with Crippen molar-refractivity contribution < 1.29 is 63.6 Å². The molecule has 1 aromatic heterocycles. The van der Waals surface area contributed by atoms with Crippen molar-refractivity contribution in [2.24, 2.45) is 0 Å². The molecule has 46 heavy (non-hydrogen) atoms. The van der Waals surface area contributed by atoms with E-state index in [0.29, 0.717) is 5.56 Å². The molecule has 5 atom stereocenters. The van der Waals surface area contributed by atoms with Crippen LogP contribution in [0.25, 0.3) is 28.4 Å². The number of aliphatic hydroxyl groups excluding tert-OH is 3. The zero-order valence-corrected chi connectivity index (χ0v) is 24.0. The summed E-state index contributed by atoms with van der Waals surface area (Å²) in [6.45, 7) is 0.616. The molecular formula is C32H28O14. The summed E-state index contributed by atoms with van der Waals surface area (Å²) in [5, 5.41) is 61.2. The van der Waals surface area contributed by atoms with Crippen LogP contribution in [0.15, 0.2) is 76.0 Å². The second-order valence-corrected chi connectivity index (χ2v) is 10.2. The molecule has 3 aromatic carbocycles.